The third kappa shape index (κ3) is 3.75. The van der Waals surface area contributed by atoms with Crippen molar-refractivity contribution in [1.29, 1.82) is 0 Å². The number of alkyl halides is 5. The van der Waals surface area contributed by atoms with E-state index >= 15 is 0 Å². The van der Waals surface area contributed by atoms with Crippen LogP contribution in [0.2, 0.25) is 0 Å². The zero-order valence-corrected chi connectivity index (χ0v) is 16.8. The highest BCUT2D eigenvalue weighted by Crippen LogP contribution is 2.45. The third-order valence-electron chi connectivity index (χ3n) is 4.60. The molecular weight excluding hydrogens is 449 g/mol. The van der Waals surface area contributed by atoms with E-state index in [0.29, 0.717) is 17.0 Å². The molecule has 0 unspecified atom stereocenters. The summed E-state index contributed by atoms with van der Waals surface area (Å²) in [5, 5.41) is 0. The van der Waals surface area contributed by atoms with Gasteiger partial charge in [0.25, 0.3) is 11.8 Å². The van der Waals surface area contributed by atoms with E-state index in [9.17, 15) is 40.0 Å². The lowest BCUT2D eigenvalue weighted by Gasteiger charge is -2.22. The molecule has 3 rings (SSSR count). The molecule has 0 atom stereocenters. The van der Waals surface area contributed by atoms with Gasteiger partial charge in [0, 0.05) is 5.56 Å². The monoisotopic (exact) mass is 463 g/mol. The Kier molecular flexibility index (Phi) is 5.33. The SMILES string of the molecule is CCS(=O)(=O)Oc1cccc2c1C(=O)N(c1ccc(C(F)(F)C(F)(F)F)cc1C)C2=O. The second kappa shape index (κ2) is 7.29. The summed E-state index contributed by atoms with van der Waals surface area (Å²) in [4.78, 5) is 26.2. The molecule has 0 aromatic heterocycles. The van der Waals surface area contributed by atoms with Crippen LogP contribution in [0.4, 0.5) is 27.6 Å². The van der Waals surface area contributed by atoms with E-state index in [2.05, 4.69) is 0 Å². The van der Waals surface area contributed by atoms with Gasteiger partial charge in [0.2, 0.25) is 0 Å². The maximum absolute atomic E-state index is 13.6. The fourth-order valence-electron chi connectivity index (χ4n) is 3.00. The van der Waals surface area contributed by atoms with Crippen LogP contribution >= 0.6 is 0 Å². The van der Waals surface area contributed by atoms with Crippen molar-refractivity contribution in [3.63, 3.8) is 0 Å². The molecule has 0 N–H and O–H groups in total. The quantitative estimate of drug-likeness (QED) is 0.378. The molecule has 2 aromatic rings. The molecule has 0 bridgehead atoms. The van der Waals surface area contributed by atoms with Crippen molar-refractivity contribution in [2.24, 2.45) is 0 Å². The molecule has 1 aliphatic rings. The van der Waals surface area contributed by atoms with Crippen molar-refractivity contribution in [1.82, 2.24) is 0 Å². The Morgan fingerprint density at radius 3 is 2.19 bits per heavy atom. The van der Waals surface area contributed by atoms with Gasteiger partial charge in [-0.25, -0.2) is 4.90 Å². The lowest BCUT2D eigenvalue weighted by Crippen LogP contribution is -2.34. The summed E-state index contributed by atoms with van der Waals surface area (Å²) in [6, 6.07) is 5.50. The topological polar surface area (TPSA) is 80.8 Å². The largest absolute Gasteiger partial charge is 0.458 e. The average Bonchev–Trinajstić information content (AvgIpc) is 2.92. The van der Waals surface area contributed by atoms with E-state index in [0.717, 1.165) is 13.0 Å². The van der Waals surface area contributed by atoms with Gasteiger partial charge < -0.3 is 4.18 Å². The van der Waals surface area contributed by atoms with Crippen LogP contribution in [0, 0.1) is 6.92 Å². The van der Waals surface area contributed by atoms with Gasteiger partial charge in [0.05, 0.1) is 22.6 Å². The summed E-state index contributed by atoms with van der Waals surface area (Å²) >= 11 is 0. The van der Waals surface area contributed by atoms with Crippen molar-refractivity contribution >= 4 is 27.6 Å². The first-order valence-electron chi connectivity index (χ1n) is 8.71. The lowest BCUT2D eigenvalue weighted by atomic mass is 10.0. The zero-order chi connectivity index (χ0) is 23.4. The molecule has 0 saturated carbocycles. The molecule has 166 valence electrons. The van der Waals surface area contributed by atoms with E-state index in [-0.39, 0.29) is 22.4 Å². The first-order valence-corrected chi connectivity index (χ1v) is 10.3. The minimum atomic E-state index is -5.83. The normalized spacial score (nSPS) is 14.7. The number of hydrogen-bond donors (Lipinski definition) is 0. The van der Waals surface area contributed by atoms with Crippen LogP contribution in [-0.2, 0) is 16.0 Å². The Morgan fingerprint density at radius 1 is 1.00 bits per heavy atom. The van der Waals surface area contributed by atoms with Gasteiger partial charge in [0.15, 0.2) is 5.75 Å². The van der Waals surface area contributed by atoms with E-state index < -0.39 is 51.1 Å². The number of carbonyl (C=O) groups is 2. The van der Waals surface area contributed by atoms with E-state index in [1.807, 2.05) is 0 Å². The van der Waals surface area contributed by atoms with E-state index in [4.69, 9.17) is 4.18 Å². The summed E-state index contributed by atoms with van der Waals surface area (Å²) in [5.41, 5.74) is -2.32. The average molecular weight is 463 g/mol. The number of imide groups is 1. The Morgan fingerprint density at radius 2 is 1.65 bits per heavy atom. The summed E-state index contributed by atoms with van der Waals surface area (Å²) in [6.07, 6.45) is -5.83. The van der Waals surface area contributed by atoms with Gasteiger partial charge in [-0.05, 0) is 43.7 Å². The van der Waals surface area contributed by atoms with Gasteiger partial charge in [-0.1, -0.05) is 12.1 Å². The molecule has 1 heterocycles. The van der Waals surface area contributed by atoms with E-state index in [1.165, 1.54) is 25.1 Å². The fraction of sp³-hybridized carbons (Fsp3) is 0.263. The number of amides is 2. The minimum absolute atomic E-state index is 0.195. The molecular formula is C19H14F5NO5S. The molecule has 31 heavy (non-hydrogen) atoms. The van der Waals surface area contributed by atoms with Gasteiger partial charge in [-0.2, -0.15) is 30.4 Å². The van der Waals surface area contributed by atoms with Crippen LogP contribution in [0.1, 0.15) is 38.8 Å². The van der Waals surface area contributed by atoms with Crippen molar-refractivity contribution in [2.75, 3.05) is 10.7 Å². The maximum Gasteiger partial charge on any atom is 0.458 e. The predicted molar refractivity (Wildman–Crippen MR) is 98.8 cm³/mol. The first-order chi connectivity index (χ1) is 14.2. The smallest absolute Gasteiger partial charge is 0.382 e. The number of nitrogens with zero attached hydrogens (tertiary/aromatic N) is 1. The van der Waals surface area contributed by atoms with Crippen LogP contribution < -0.4 is 9.08 Å². The zero-order valence-electron chi connectivity index (χ0n) is 16.0. The van der Waals surface area contributed by atoms with Gasteiger partial charge in [-0.3, -0.25) is 9.59 Å². The standard InChI is InChI=1S/C19H14F5NO5S/c1-3-31(28,29)30-14-6-4-5-12-15(14)17(27)25(16(12)26)13-8-7-11(9-10(13)2)18(20,21)19(22,23)24/h4-9H,3H2,1-2H3. The number of benzene rings is 2. The molecule has 2 amide bonds. The minimum Gasteiger partial charge on any atom is -0.382 e. The Balaban J connectivity index is 2.06. The summed E-state index contributed by atoms with van der Waals surface area (Å²) in [6.45, 7) is 2.47. The van der Waals surface area contributed by atoms with Crippen molar-refractivity contribution < 1.29 is 44.1 Å². The van der Waals surface area contributed by atoms with Crippen LogP contribution in [0.3, 0.4) is 0 Å². The number of rotatable bonds is 5. The molecule has 0 spiro atoms. The van der Waals surface area contributed by atoms with Crippen LogP contribution in [-0.4, -0.2) is 32.2 Å². The lowest BCUT2D eigenvalue weighted by molar-refractivity contribution is -0.289. The van der Waals surface area contributed by atoms with Gasteiger partial charge in [-0.15, -0.1) is 0 Å². The van der Waals surface area contributed by atoms with Crippen LogP contribution in [0.25, 0.3) is 0 Å². The Hall–Kier alpha value is -3.02. The van der Waals surface area contributed by atoms with Crippen LogP contribution in [0.15, 0.2) is 36.4 Å². The molecule has 12 heteroatoms. The maximum atomic E-state index is 13.6. The fourth-order valence-corrected chi connectivity index (χ4v) is 3.53. The summed E-state index contributed by atoms with van der Waals surface area (Å²) in [7, 11) is -4.03. The molecule has 0 aliphatic carbocycles. The second-order valence-corrected chi connectivity index (χ2v) is 8.49. The number of anilines is 1. The number of carbonyl (C=O) groups excluding carboxylic acids is 2. The molecule has 2 aromatic carbocycles. The molecule has 0 radical (unpaired) electrons. The Labute approximate surface area is 173 Å². The molecule has 0 fully saturated rings. The highest BCUT2D eigenvalue weighted by Gasteiger charge is 2.58. The van der Waals surface area contributed by atoms with Gasteiger partial charge in [0.1, 0.15) is 0 Å². The number of aryl methyl sites for hydroxylation is 1. The Bertz CT molecular complexity index is 1190. The van der Waals surface area contributed by atoms with Gasteiger partial charge >= 0.3 is 22.2 Å². The predicted octanol–water partition coefficient (Wildman–Crippen LogP) is 4.18. The van der Waals surface area contributed by atoms with Crippen molar-refractivity contribution in [3.8, 4) is 5.75 Å². The summed E-state index contributed by atoms with van der Waals surface area (Å²) < 4.78 is 93.6. The number of halogens is 5. The van der Waals surface area contributed by atoms with Crippen molar-refractivity contribution in [3.05, 3.63) is 58.7 Å². The number of hydrogen-bond acceptors (Lipinski definition) is 5. The highest BCUT2D eigenvalue weighted by atomic mass is 32.2. The number of fused-ring (bicyclic) bond motifs is 1. The van der Waals surface area contributed by atoms with Crippen LogP contribution in [0.5, 0.6) is 5.75 Å². The first kappa shape index (κ1) is 22.7. The highest BCUT2D eigenvalue weighted by molar-refractivity contribution is 7.87. The molecule has 6 nitrogen and oxygen atoms in total. The third-order valence-corrected chi connectivity index (χ3v) is 5.74. The molecule has 1 aliphatic heterocycles. The van der Waals surface area contributed by atoms with E-state index in [1.54, 1.807) is 0 Å². The second-order valence-electron chi connectivity index (χ2n) is 6.63. The summed E-state index contributed by atoms with van der Waals surface area (Å²) in [5.74, 6) is -7.83. The van der Waals surface area contributed by atoms with Crippen molar-refractivity contribution in [2.45, 2.75) is 25.9 Å². The molecule has 0 saturated heterocycles.